The number of pyridine rings is 1. The number of carbonyl (C=O) groups excluding carboxylic acids is 1. The van der Waals surface area contributed by atoms with Gasteiger partial charge in [-0.2, -0.15) is 0 Å². The van der Waals surface area contributed by atoms with E-state index in [1.54, 1.807) is 0 Å². The number of rotatable bonds is 9. The standard InChI is InChI=1S/C22H29N3O3/c1-2-27-22(26)18-20(10-17-28-21-6-4-3-5-7-21)25-15-13-24(14-16-25)19-8-11-23-12-9-19/h3-9,11-12,20H,2,10,13-18H2,1H3. The number of piperazine rings is 1. The fraction of sp³-hybridized carbons (Fsp3) is 0.455. The van der Waals surface area contributed by atoms with E-state index in [2.05, 4.69) is 14.8 Å². The molecule has 28 heavy (non-hydrogen) atoms. The molecule has 0 spiro atoms. The monoisotopic (exact) mass is 383 g/mol. The van der Waals surface area contributed by atoms with Crippen molar-refractivity contribution in [2.24, 2.45) is 0 Å². The van der Waals surface area contributed by atoms with Crippen LogP contribution in [0.15, 0.2) is 54.9 Å². The van der Waals surface area contributed by atoms with Crippen molar-refractivity contribution in [2.75, 3.05) is 44.3 Å². The number of ether oxygens (including phenoxy) is 2. The molecular formula is C22H29N3O3. The van der Waals surface area contributed by atoms with Crippen LogP contribution in [0.5, 0.6) is 5.75 Å². The van der Waals surface area contributed by atoms with E-state index in [0.29, 0.717) is 19.6 Å². The second-order valence-corrected chi connectivity index (χ2v) is 6.84. The van der Waals surface area contributed by atoms with E-state index in [0.717, 1.165) is 38.3 Å². The summed E-state index contributed by atoms with van der Waals surface area (Å²) in [6, 6.07) is 14.0. The first kappa shape index (κ1) is 20.1. The number of anilines is 1. The van der Waals surface area contributed by atoms with E-state index in [4.69, 9.17) is 9.47 Å². The van der Waals surface area contributed by atoms with E-state index in [1.165, 1.54) is 5.69 Å². The van der Waals surface area contributed by atoms with Crippen LogP contribution in [0.4, 0.5) is 5.69 Å². The minimum atomic E-state index is -0.135. The maximum atomic E-state index is 12.1. The Morgan fingerprint density at radius 2 is 1.79 bits per heavy atom. The van der Waals surface area contributed by atoms with Gasteiger partial charge in [-0.05, 0) is 37.6 Å². The van der Waals surface area contributed by atoms with Crippen molar-refractivity contribution in [3.63, 3.8) is 0 Å². The first-order valence-corrected chi connectivity index (χ1v) is 9.98. The molecule has 1 saturated heterocycles. The van der Waals surface area contributed by atoms with Gasteiger partial charge in [-0.3, -0.25) is 14.7 Å². The van der Waals surface area contributed by atoms with Crippen molar-refractivity contribution in [2.45, 2.75) is 25.8 Å². The molecule has 0 saturated carbocycles. The Morgan fingerprint density at radius 3 is 2.46 bits per heavy atom. The highest BCUT2D eigenvalue weighted by Crippen LogP contribution is 2.19. The van der Waals surface area contributed by atoms with Gasteiger partial charge in [0.1, 0.15) is 5.75 Å². The zero-order valence-electron chi connectivity index (χ0n) is 16.5. The smallest absolute Gasteiger partial charge is 0.307 e. The first-order valence-electron chi connectivity index (χ1n) is 9.98. The van der Waals surface area contributed by atoms with Crippen molar-refractivity contribution >= 4 is 11.7 Å². The molecule has 0 bridgehead atoms. The summed E-state index contributed by atoms with van der Waals surface area (Å²) in [5.74, 6) is 0.726. The fourth-order valence-corrected chi connectivity index (χ4v) is 3.56. The van der Waals surface area contributed by atoms with Crippen LogP contribution in [0.25, 0.3) is 0 Å². The molecule has 1 aliphatic rings. The van der Waals surface area contributed by atoms with Gasteiger partial charge in [-0.1, -0.05) is 18.2 Å². The summed E-state index contributed by atoms with van der Waals surface area (Å²) in [6.07, 6.45) is 4.85. The zero-order valence-corrected chi connectivity index (χ0v) is 16.5. The molecular weight excluding hydrogens is 354 g/mol. The van der Waals surface area contributed by atoms with Crippen molar-refractivity contribution in [3.8, 4) is 5.75 Å². The Bertz CT molecular complexity index is 703. The largest absolute Gasteiger partial charge is 0.494 e. The molecule has 1 aromatic heterocycles. The highest BCUT2D eigenvalue weighted by atomic mass is 16.5. The SMILES string of the molecule is CCOC(=O)CC(CCOc1ccccc1)N1CCN(c2ccncc2)CC1. The number of esters is 1. The molecule has 150 valence electrons. The third-order valence-corrected chi connectivity index (χ3v) is 5.03. The van der Waals surface area contributed by atoms with E-state index in [1.807, 2.05) is 61.8 Å². The quantitative estimate of drug-likeness (QED) is 0.621. The third kappa shape index (κ3) is 5.96. The van der Waals surface area contributed by atoms with E-state index < -0.39 is 0 Å². The molecule has 2 heterocycles. The van der Waals surface area contributed by atoms with Crippen LogP contribution in [0, 0.1) is 0 Å². The molecule has 0 radical (unpaired) electrons. The molecule has 0 N–H and O–H groups in total. The second kappa shape index (κ2) is 10.7. The predicted octanol–water partition coefficient (Wildman–Crippen LogP) is 2.99. The van der Waals surface area contributed by atoms with Crippen molar-refractivity contribution in [1.82, 2.24) is 9.88 Å². The summed E-state index contributed by atoms with van der Waals surface area (Å²) >= 11 is 0. The molecule has 1 aromatic carbocycles. The molecule has 6 heteroatoms. The summed E-state index contributed by atoms with van der Waals surface area (Å²) < 4.78 is 11.1. The lowest BCUT2D eigenvalue weighted by molar-refractivity contribution is -0.144. The Labute approximate surface area is 167 Å². The summed E-state index contributed by atoms with van der Waals surface area (Å²) in [4.78, 5) is 21.0. The summed E-state index contributed by atoms with van der Waals surface area (Å²) in [6.45, 7) is 6.54. The molecule has 0 amide bonds. The number of hydrogen-bond acceptors (Lipinski definition) is 6. The number of benzene rings is 1. The average molecular weight is 383 g/mol. The molecule has 3 rings (SSSR count). The van der Waals surface area contributed by atoms with Gasteiger partial charge in [0.15, 0.2) is 0 Å². The van der Waals surface area contributed by atoms with Crippen LogP contribution in [-0.2, 0) is 9.53 Å². The van der Waals surface area contributed by atoms with Gasteiger partial charge in [0, 0.05) is 50.3 Å². The van der Waals surface area contributed by atoms with Gasteiger partial charge in [0.25, 0.3) is 0 Å². The van der Waals surface area contributed by atoms with Crippen LogP contribution in [0.3, 0.4) is 0 Å². The van der Waals surface area contributed by atoms with Crippen molar-refractivity contribution < 1.29 is 14.3 Å². The maximum absolute atomic E-state index is 12.1. The van der Waals surface area contributed by atoms with Crippen LogP contribution in [0.2, 0.25) is 0 Å². The summed E-state index contributed by atoms with van der Waals surface area (Å²) in [7, 11) is 0. The Hall–Kier alpha value is -2.60. The van der Waals surface area contributed by atoms with E-state index >= 15 is 0 Å². The molecule has 2 aromatic rings. The third-order valence-electron chi connectivity index (χ3n) is 5.03. The van der Waals surface area contributed by atoms with Crippen LogP contribution in [-0.4, -0.2) is 61.3 Å². The number of para-hydroxylation sites is 1. The van der Waals surface area contributed by atoms with E-state index in [9.17, 15) is 4.79 Å². The molecule has 0 aliphatic carbocycles. The maximum Gasteiger partial charge on any atom is 0.307 e. The number of nitrogens with zero attached hydrogens (tertiary/aromatic N) is 3. The van der Waals surface area contributed by atoms with Gasteiger partial charge in [0.05, 0.1) is 19.6 Å². The van der Waals surface area contributed by atoms with Gasteiger partial charge in [-0.15, -0.1) is 0 Å². The van der Waals surface area contributed by atoms with Gasteiger partial charge < -0.3 is 14.4 Å². The minimum Gasteiger partial charge on any atom is -0.494 e. The lowest BCUT2D eigenvalue weighted by atomic mass is 10.1. The van der Waals surface area contributed by atoms with Crippen LogP contribution in [0.1, 0.15) is 19.8 Å². The normalized spacial score (nSPS) is 15.8. The minimum absolute atomic E-state index is 0.127. The van der Waals surface area contributed by atoms with Gasteiger partial charge in [-0.25, -0.2) is 0 Å². The molecule has 6 nitrogen and oxygen atoms in total. The Balaban J connectivity index is 1.54. The summed E-state index contributed by atoms with van der Waals surface area (Å²) in [5.41, 5.74) is 1.20. The number of aromatic nitrogens is 1. The van der Waals surface area contributed by atoms with Crippen molar-refractivity contribution in [1.29, 1.82) is 0 Å². The fourth-order valence-electron chi connectivity index (χ4n) is 3.56. The number of carbonyl (C=O) groups is 1. The zero-order chi connectivity index (χ0) is 19.6. The Morgan fingerprint density at radius 1 is 1.07 bits per heavy atom. The van der Waals surface area contributed by atoms with Gasteiger partial charge in [0.2, 0.25) is 0 Å². The molecule has 1 fully saturated rings. The predicted molar refractivity (Wildman–Crippen MR) is 110 cm³/mol. The Kier molecular flexibility index (Phi) is 7.67. The molecule has 1 aliphatic heterocycles. The highest BCUT2D eigenvalue weighted by Gasteiger charge is 2.26. The van der Waals surface area contributed by atoms with Crippen molar-refractivity contribution in [3.05, 3.63) is 54.9 Å². The van der Waals surface area contributed by atoms with Gasteiger partial charge >= 0.3 is 5.97 Å². The highest BCUT2D eigenvalue weighted by molar-refractivity contribution is 5.70. The summed E-state index contributed by atoms with van der Waals surface area (Å²) in [5, 5.41) is 0. The number of hydrogen-bond donors (Lipinski definition) is 0. The topological polar surface area (TPSA) is 54.9 Å². The molecule has 1 unspecified atom stereocenters. The lowest BCUT2D eigenvalue weighted by Gasteiger charge is -2.40. The second-order valence-electron chi connectivity index (χ2n) is 6.84. The van der Waals surface area contributed by atoms with Crippen LogP contribution < -0.4 is 9.64 Å². The van der Waals surface area contributed by atoms with E-state index in [-0.39, 0.29) is 12.0 Å². The lowest BCUT2D eigenvalue weighted by Crippen LogP contribution is -2.51. The van der Waals surface area contributed by atoms with Crippen LogP contribution >= 0.6 is 0 Å². The molecule has 1 atom stereocenters. The first-order chi connectivity index (χ1) is 13.8. The average Bonchev–Trinajstić information content (AvgIpc) is 2.75.